The molecule has 8 heteroatoms. The van der Waals surface area contributed by atoms with Crippen LogP contribution >= 0.6 is 15.9 Å². The van der Waals surface area contributed by atoms with Crippen LogP contribution in [0.3, 0.4) is 0 Å². The average Bonchev–Trinajstić information content (AvgIpc) is 2.59. The van der Waals surface area contributed by atoms with Gasteiger partial charge in [0.15, 0.2) is 0 Å². The number of Topliss-reactive ketones (excluding diaryl/α,β-unsaturated/α-hetero) is 1. The molecule has 0 radical (unpaired) electrons. The molecule has 2 rings (SSSR count). The Balaban J connectivity index is 2.33. The smallest absolute Gasteiger partial charge is 0.300 e. The number of halogens is 7. The molecule has 0 N–H and O–H groups in total. The Kier molecular flexibility index (Phi) is 6.96. The zero-order chi connectivity index (χ0) is 21.1. The molecule has 0 aliphatic carbocycles. The van der Waals surface area contributed by atoms with E-state index in [-0.39, 0.29) is 6.42 Å². The van der Waals surface area contributed by atoms with Crippen molar-refractivity contribution in [2.75, 3.05) is 0 Å². The molecule has 2 aromatic rings. The van der Waals surface area contributed by atoms with E-state index in [1.165, 1.54) is 12.1 Å². The first kappa shape index (κ1) is 22.5. The van der Waals surface area contributed by atoms with Crippen LogP contribution in [-0.4, -0.2) is 12.0 Å². The molecule has 2 aromatic carbocycles. The van der Waals surface area contributed by atoms with Crippen molar-refractivity contribution in [1.82, 2.24) is 0 Å². The van der Waals surface area contributed by atoms with Crippen LogP contribution in [-0.2, 0) is 11.0 Å². The number of benzene rings is 2. The Hall–Kier alpha value is -1.83. The van der Waals surface area contributed by atoms with E-state index in [1.54, 1.807) is 24.3 Å². The summed E-state index contributed by atoms with van der Waals surface area (Å²) in [5.74, 6) is -3.05. The maximum absolute atomic E-state index is 12.8. The number of hydrogen-bond donors (Lipinski definition) is 0. The first-order valence-corrected chi connectivity index (χ1v) is 9.19. The summed E-state index contributed by atoms with van der Waals surface area (Å²) in [6, 6.07) is 11.1. The number of rotatable bonds is 6. The third-order valence-corrected chi connectivity index (χ3v) is 5.17. The molecule has 0 aliphatic heterocycles. The lowest BCUT2D eigenvalue weighted by molar-refractivity contribution is -0.173. The molecular weight excluding hydrogens is 450 g/mol. The van der Waals surface area contributed by atoms with Crippen LogP contribution in [0.4, 0.5) is 26.3 Å². The molecule has 0 bridgehead atoms. The molecular formula is C20H17BrF6O. The van der Waals surface area contributed by atoms with Crippen molar-refractivity contribution in [3.8, 4) is 0 Å². The molecule has 2 atom stereocenters. The first-order valence-electron chi connectivity index (χ1n) is 8.39. The predicted octanol–water partition coefficient (Wildman–Crippen LogP) is 7.15. The monoisotopic (exact) mass is 466 g/mol. The maximum atomic E-state index is 12.8. The zero-order valence-corrected chi connectivity index (χ0v) is 16.3. The van der Waals surface area contributed by atoms with Crippen molar-refractivity contribution < 1.29 is 31.1 Å². The van der Waals surface area contributed by atoms with Crippen LogP contribution in [0.5, 0.6) is 0 Å². The minimum atomic E-state index is -4.50. The Morgan fingerprint density at radius 1 is 0.929 bits per heavy atom. The fraction of sp³-hybridized carbons (Fsp3) is 0.350. The second-order valence-electron chi connectivity index (χ2n) is 6.58. The standard InChI is InChI=1S/C20H17BrF6O/c1-12(19(22,23)24)10-15(28)11-17(16-4-2-3-5-18(16)21)13-6-8-14(9-7-13)20(25,26)27/h2-9,12,17H,10-11H2,1H3/t12-,17+/m1/s1. The minimum absolute atomic E-state index is 0.242. The lowest BCUT2D eigenvalue weighted by Gasteiger charge is -2.21. The predicted molar refractivity (Wildman–Crippen MR) is 96.9 cm³/mol. The van der Waals surface area contributed by atoms with E-state index in [9.17, 15) is 31.1 Å². The van der Waals surface area contributed by atoms with Gasteiger partial charge in [0.05, 0.1) is 11.5 Å². The summed E-state index contributed by atoms with van der Waals surface area (Å²) >= 11 is 3.34. The Labute approximate surface area is 166 Å². The Morgan fingerprint density at radius 3 is 2.00 bits per heavy atom. The van der Waals surface area contributed by atoms with Gasteiger partial charge in [0.25, 0.3) is 0 Å². The van der Waals surface area contributed by atoms with Crippen molar-refractivity contribution in [2.45, 2.75) is 38.0 Å². The fourth-order valence-electron chi connectivity index (χ4n) is 2.84. The number of alkyl halides is 6. The second kappa shape index (κ2) is 8.68. The zero-order valence-electron chi connectivity index (χ0n) is 14.7. The van der Waals surface area contributed by atoms with E-state index in [4.69, 9.17) is 0 Å². The topological polar surface area (TPSA) is 17.1 Å². The van der Waals surface area contributed by atoms with Gasteiger partial charge in [0, 0.05) is 23.2 Å². The van der Waals surface area contributed by atoms with E-state index in [0.29, 0.717) is 15.6 Å². The molecule has 152 valence electrons. The van der Waals surface area contributed by atoms with Gasteiger partial charge in [-0.15, -0.1) is 0 Å². The van der Waals surface area contributed by atoms with Gasteiger partial charge in [-0.2, -0.15) is 26.3 Å². The number of carbonyl (C=O) groups excluding carboxylic acids is 1. The summed E-state index contributed by atoms with van der Waals surface area (Å²) in [7, 11) is 0. The summed E-state index contributed by atoms with van der Waals surface area (Å²) in [6.45, 7) is 0.934. The van der Waals surface area contributed by atoms with E-state index < -0.39 is 42.0 Å². The highest BCUT2D eigenvalue weighted by Gasteiger charge is 2.37. The minimum Gasteiger partial charge on any atom is -0.300 e. The Bertz CT molecular complexity index is 811. The number of carbonyl (C=O) groups is 1. The van der Waals surface area contributed by atoms with E-state index in [0.717, 1.165) is 19.1 Å². The van der Waals surface area contributed by atoms with Gasteiger partial charge in [-0.3, -0.25) is 4.79 Å². The van der Waals surface area contributed by atoms with Crippen LogP contribution in [0.25, 0.3) is 0 Å². The van der Waals surface area contributed by atoms with Crippen molar-refractivity contribution in [3.63, 3.8) is 0 Å². The highest BCUT2D eigenvalue weighted by atomic mass is 79.9. The molecule has 0 aliphatic rings. The molecule has 0 heterocycles. The highest BCUT2D eigenvalue weighted by molar-refractivity contribution is 9.10. The normalized spacial score (nSPS) is 14.6. The van der Waals surface area contributed by atoms with Gasteiger partial charge in [-0.1, -0.05) is 53.2 Å². The van der Waals surface area contributed by atoms with Crippen LogP contribution in [0.2, 0.25) is 0 Å². The van der Waals surface area contributed by atoms with Crippen molar-refractivity contribution in [2.24, 2.45) is 5.92 Å². The molecule has 0 spiro atoms. The van der Waals surface area contributed by atoms with Crippen LogP contribution in [0, 0.1) is 5.92 Å². The second-order valence-corrected chi connectivity index (χ2v) is 7.44. The molecule has 0 fully saturated rings. The molecule has 0 saturated heterocycles. The molecule has 1 nitrogen and oxygen atoms in total. The van der Waals surface area contributed by atoms with Gasteiger partial charge in [-0.25, -0.2) is 0 Å². The number of hydrogen-bond acceptors (Lipinski definition) is 1. The van der Waals surface area contributed by atoms with Crippen LogP contribution in [0.1, 0.15) is 42.4 Å². The van der Waals surface area contributed by atoms with Crippen molar-refractivity contribution in [3.05, 3.63) is 69.7 Å². The number of ketones is 1. The summed E-state index contributed by atoms with van der Waals surface area (Å²) in [6.07, 6.45) is -9.90. The van der Waals surface area contributed by atoms with E-state index in [2.05, 4.69) is 15.9 Å². The molecule has 0 unspecified atom stereocenters. The summed E-state index contributed by atoms with van der Waals surface area (Å²) < 4.78 is 77.3. The maximum Gasteiger partial charge on any atom is 0.416 e. The third-order valence-electron chi connectivity index (χ3n) is 4.45. The van der Waals surface area contributed by atoms with Crippen LogP contribution in [0.15, 0.2) is 53.0 Å². The van der Waals surface area contributed by atoms with E-state index in [1.807, 2.05) is 0 Å². The van der Waals surface area contributed by atoms with Gasteiger partial charge >= 0.3 is 12.4 Å². The fourth-order valence-corrected chi connectivity index (χ4v) is 3.40. The average molecular weight is 467 g/mol. The van der Waals surface area contributed by atoms with Crippen LogP contribution < -0.4 is 0 Å². The highest BCUT2D eigenvalue weighted by Crippen LogP contribution is 2.37. The summed E-state index contributed by atoms with van der Waals surface area (Å²) in [5.41, 5.74) is 0.210. The lowest BCUT2D eigenvalue weighted by Crippen LogP contribution is -2.23. The Morgan fingerprint density at radius 2 is 1.50 bits per heavy atom. The summed E-state index contributed by atoms with van der Waals surface area (Å²) in [5, 5.41) is 0. The molecule has 0 aromatic heterocycles. The lowest BCUT2D eigenvalue weighted by atomic mass is 9.85. The molecule has 0 amide bonds. The van der Waals surface area contributed by atoms with Crippen molar-refractivity contribution >= 4 is 21.7 Å². The van der Waals surface area contributed by atoms with Gasteiger partial charge in [0.2, 0.25) is 0 Å². The van der Waals surface area contributed by atoms with Gasteiger partial charge < -0.3 is 0 Å². The van der Waals surface area contributed by atoms with E-state index >= 15 is 0 Å². The third kappa shape index (κ3) is 5.83. The van der Waals surface area contributed by atoms with Crippen molar-refractivity contribution in [1.29, 1.82) is 0 Å². The quantitative estimate of drug-likeness (QED) is 0.413. The summed E-state index contributed by atoms with van der Waals surface area (Å²) in [4.78, 5) is 12.3. The van der Waals surface area contributed by atoms with Gasteiger partial charge in [0.1, 0.15) is 5.78 Å². The first-order chi connectivity index (χ1) is 12.9. The molecule has 28 heavy (non-hydrogen) atoms. The SMILES string of the molecule is C[C@H](CC(=O)C[C@@H](c1ccc(C(F)(F)F)cc1)c1ccccc1Br)C(F)(F)F. The molecule has 0 saturated carbocycles. The largest absolute Gasteiger partial charge is 0.416 e. The van der Waals surface area contributed by atoms with Gasteiger partial charge in [-0.05, 0) is 29.3 Å².